The first-order valence-corrected chi connectivity index (χ1v) is 3.51. The van der Waals surface area contributed by atoms with Crippen LogP contribution in [0.1, 0.15) is 0 Å². The molecule has 0 aromatic rings. The molecular weight excluding hydrogens is 164 g/mol. The zero-order chi connectivity index (χ0) is 9.14. The van der Waals surface area contributed by atoms with E-state index in [1.165, 1.54) is 6.08 Å². The van der Waals surface area contributed by atoms with Crippen molar-refractivity contribution in [3.05, 3.63) is 12.2 Å². The van der Waals surface area contributed by atoms with E-state index in [1.54, 1.807) is 0 Å². The zero-order valence-electron chi connectivity index (χ0n) is 6.25. The van der Waals surface area contributed by atoms with Gasteiger partial charge < -0.3 is 20.1 Å². The third-order valence-electron chi connectivity index (χ3n) is 1.59. The van der Waals surface area contributed by atoms with Crippen molar-refractivity contribution < 1.29 is 24.9 Å². The van der Waals surface area contributed by atoms with Crippen LogP contribution in [0.15, 0.2) is 12.2 Å². The number of esters is 1. The summed E-state index contributed by atoms with van der Waals surface area (Å²) in [6.07, 6.45) is -0.896. The molecule has 3 atom stereocenters. The van der Waals surface area contributed by atoms with Gasteiger partial charge in [-0.15, -0.1) is 0 Å². The van der Waals surface area contributed by atoms with E-state index < -0.39 is 30.9 Å². The maximum Gasteiger partial charge on any atom is 0.331 e. The summed E-state index contributed by atoms with van der Waals surface area (Å²) in [6, 6.07) is 0. The summed E-state index contributed by atoms with van der Waals surface area (Å²) >= 11 is 0. The predicted molar refractivity (Wildman–Crippen MR) is 38.1 cm³/mol. The molecule has 0 aromatic heterocycles. The predicted octanol–water partition coefficient (Wildman–Crippen LogP) is -1.82. The Bertz CT molecular complexity index is 200. The number of ether oxygens (including phenoxy) is 1. The van der Waals surface area contributed by atoms with Crippen LogP contribution in [0.5, 0.6) is 0 Å². The Morgan fingerprint density at radius 3 is 2.67 bits per heavy atom. The molecule has 0 saturated heterocycles. The summed E-state index contributed by atoms with van der Waals surface area (Å²) in [4.78, 5) is 10.5. The molecule has 1 aliphatic rings. The second-order valence-corrected chi connectivity index (χ2v) is 2.50. The van der Waals surface area contributed by atoms with Crippen molar-refractivity contribution >= 4 is 5.97 Å². The maximum absolute atomic E-state index is 10.5. The highest BCUT2D eigenvalue weighted by molar-refractivity contribution is 5.84. The first-order valence-electron chi connectivity index (χ1n) is 3.51. The van der Waals surface area contributed by atoms with Crippen LogP contribution < -0.4 is 0 Å². The van der Waals surface area contributed by atoms with Crippen LogP contribution in [0.4, 0.5) is 0 Å². The minimum atomic E-state index is -1.29. The SMILES string of the molecule is O=C1C=C[C@H]([C@@H](O)[C@H](O)CO)O1. The highest BCUT2D eigenvalue weighted by Crippen LogP contribution is 2.11. The molecule has 0 fully saturated rings. The molecule has 0 amide bonds. The Morgan fingerprint density at radius 2 is 2.25 bits per heavy atom. The van der Waals surface area contributed by atoms with E-state index in [1.807, 2.05) is 0 Å². The second kappa shape index (κ2) is 3.66. The number of hydrogen-bond acceptors (Lipinski definition) is 5. The molecule has 0 saturated carbocycles. The van der Waals surface area contributed by atoms with E-state index in [0.717, 1.165) is 6.08 Å². The van der Waals surface area contributed by atoms with Gasteiger partial charge in [0.2, 0.25) is 0 Å². The van der Waals surface area contributed by atoms with Crippen molar-refractivity contribution in [3.8, 4) is 0 Å². The van der Waals surface area contributed by atoms with Crippen LogP contribution >= 0.6 is 0 Å². The van der Waals surface area contributed by atoms with E-state index in [9.17, 15) is 9.90 Å². The molecule has 12 heavy (non-hydrogen) atoms. The molecule has 0 radical (unpaired) electrons. The molecular formula is C7H10O5. The van der Waals surface area contributed by atoms with E-state index in [4.69, 9.17) is 10.2 Å². The van der Waals surface area contributed by atoms with E-state index >= 15 is 0 Å². The van der Waals surface area contributed by atoms with Gasteiger partial charge >= 0.3 is 5.97 Å². The quantitative estimate of drug-likeness (QED) is 0.439. The molecule has 0 bridgehead atoms. The summed E-state index contributed by atoms with van der Waals surface area (Å²) in [6.45, 7) is -0.566. The molecule has 5 heteroatoms. The van der Waals surface area contributed by atoms with Crippen molar-refractivity contribution in [2.75, 3.05) is 6.61 Å². The summed E-state index contributed by atoms with van der Waals surface area (Å²) in [5, 5.41) is 26.6. The summed E-state index contributed by atoms with van der Waals surface area (Å²) < 4.78 is 4.57. The van der Waals surface area contributed by atoms with Crippen molar-refractivity contribution in [1.29, 1.82) is 0 Å². The van der Waals surface area contributed by atoms with Crippen molar-refractivity contribution in [3.63, 3.8) is 0 Å². The van der Waals surface area contributed by atoms with E-state index in [0.29, 0.717) is 0 Å². The van der Waals surface area contributed by atoms with Crippen LogP contribution in [0.3, 0.4) is 0 Å². The third kappa shape index (κ3) is 1.82. The number of hydrogen-bond donors (Lipinski definition) is 3. The fourth-order valence-electron chi connectivity index (χ4n) is 0.897. The maximum atomic E-state index is 10.5. The van der Waals surface area contributed by atoms with Gasteiger partial charge in [-0.3, -0.25) is 0 Å². The molecule has 0 spiro atoms. The molecule has 0 unspecified atom stereocenters. The van der Waals surface area contributed by atoms with Crippen LogP contribution in [0.2, 0.25) is 0 Å². The number of carbonyl (C=O) groups is 1. The standard InChI is InChI=1S/C7H10O5/c8-3-4(9)7(11)5-1-2-6(10)12-5/h1-2,4-5,7-9,11H,3H2/t4-,5-,7+/m1/s1. The molecule has 1 rings (SSSR count). The number of cyclic esters (lactones) is 1. The highest BCUT2D eigenvalue weighted by Gasteiger charge is 2.29. The number of rotatable bonds is 3. The highest BCUT2D eigenvalue weighted by atomic mass is 16.6. The molecule has 0 aliphatic carbocycles. The van der Waals surface area contributed by atoms with Crippen LogP contribution in [-0.4, -0.2) is 46.2 Å². The molecule has 5 nitrogen and oxygen atoms in total. The molecule has 1 heterocycles. The van der Waals surface area contributed by atoms with Gasteiger partial charge in [0.15, 0.2) is 0 Å². The van der Waals surface area contributed by atoms with Gasteiger partial charge in [0.05, 0.1) is 6.61 Å². The van der Waals surface area contributed by atoms with Crippen molar-refractivity contribution in [2.45, 2.75) is 18.3 Å². The second-order valence-electron chi connectivity index (χ2n) is 2.50. The zero-order valence-corrected chi connectivity index (χ0v) is 6.25. The lowest BCUT2D eigenvalue weighted by atomic mass is 10.1. The topological polar surface area (TPSA) is 87.0 Å². The van der Waals surface area contributed by atoms with Gasteiger partial charge in [-0.1, -0.05) is 0 Å². The first-order chi connectivity index (χ1) is 5.65. The summed E-state index contributed by atoms with van der Waals surface area (Å²) in [5.74, 6) is -0.552. The molecule has 1 aliphatic heterocycles. The Labute approximate surface area is 68.9 Å². The monoisotopic (exact) mass is 174 g/mol. The summed E-state index contributed by atoms with van der Waals surface area (Å²) in [5.41, 5.74) is 0. The lowest BCUT2D eigenvalue weighted by Crippen LogP contribution is -2.39. The average Bonchev–Trinajstić information content (AvgIpc) is 2.49. The van der Waals surface area contributed by atoms with Crippen molar-refractivity contribution in [2.24, 2.45) is 0 Å². The van der Waals surface area contributed by atoms with Crippen LogP contribution in [-0.2, 0) is 9.53 Å². The Morgan fingerprint density at radius 1 is 1.58 bits per heavy atom. The average molecular weight is 174 g/mol. The molecule has 0 aromatic carbocycles. The van der Waals surface area contributed by atoms with Crippen LogP contribution in [0, 0.1) is 0 Å². The number of aliphatic hydroxyl groups is 3. The van der Waals surface area contributed by atoms with Crippen LogP contribution in [0.25, 0.3) is 0 Å². The van der Waals surface area contributed by atoms with Gasteiger partial charge in [-0.05, 0) is 6.08 Å². The number of aliphatic hydroxyl groups excluding tert-OH is 3. The lowest BCUT2D eigenvalue weighted by molar-refractivity contribution is -0.147. The number of carbonyl (C=O) groups excluding carboxylic acids is 1. The Kier molecular flexibility index (Phi) is 2.80. The van der Waals surface area contributed by atoms with Gasteiger partial charge in [0.1, 0.15) is 18.3 Å². The third-order valence-corrected chi connectivity index (χ3v) is 1.59. The van der Waals surface area contributed by atoms with E-state index in [2.05, 4.69) is 4.74 Å². The minimum absolute atomic E-state index is 0.552. The molecule has 68 valence electrons. The molecule has 3 N–H and O–H groups in total. The van der Waals surface area contributed by atoms with Gasteiger partial charge in [0, 0.05) is 6.08 Å². The summed E-state index contributed by atoms with van der Waals surface area (Å²) in [7, 11) is 0. The normalized spacial score (nSPS) is 26.9. The fraction of sp³-hybridized carbons (Fsp3) is 0.571. The van der Waals surface area contributed by atoms with Crippen molar-refractivity contribution in [1.82, 2.24) is 0 Å². The largest absolute Gasteiger partial charge is 0.452 e. The van der Waals surface area contributed by atoms with E-state index in [-0.39, 0.29) is 0 Å². The fourth-order valence-corrected chi connectivity index (χ4v) is 0.897. The van der Waals surface area contributed by atoms with Gasteiger partial charge in [0.25, 0.3) is 0 Å². The lowest BCUT2D eigenvalue weighted by Gasteiger charge is -2.19. The smallest absolute Gasteiger partial charge is 0.331 e. The Balaban J connectivity index is 2.49. The first kappa shape index (κ1) is 9.18. The van der Waals surface area contributed by atoms with Gasteiger partial charge in [-0.2, -0.15) is 0 Å². The Hall–Kier alpha value is -0.910. The minimum Gasteiger partial charge on any atom is -0.452 e. The van der Waals surface area contributed by atoms with Gasteiger partial charge in [-0.25, -0.2) is 4.79 Å².